The number of nitrogens with one attached hydrogen (secondary N) is 1. The van der Waals surface area contributed by atoms with Crippen molar-refractivity contribution in [1.29, 1.82) is 0 Å². The zero-order valence-corrected chi connectivity index (χ0v) is 12.8. The van der Waals surface area contributed by atoms with Crippen molar-refractivity contribution in [2.75, 3.05) is 13.2 Å². The molecule has 0 saturated carbocycles. The molecule has 4 nitrogen and oxygen atoms in total. The number of para-hydroxylation sites is 1. The molecule has 2 aromatic rings. The van der Waals surface area contributed by atoms with Crippen LogP contribution in [0.25, 0.3) is 0 Å². The standard InChI is InChI=1S/C16H19NO3S/c1-12-6-7-14(21-12)10-16(19)17-11-13-4-2-3-5-15(13)20-9-8-18/h2-7,18H,8-11H2,1H3,(H,17,19). The number of ether oxygens (including phenoxy) is 1. The smallest absolute Gasteiger partial charge is 0.225 e. The second kappa shape index (κ2) is 7.81. The lowest BCUT2D eigenvalue weighted by molar-refractivity contribution is -0.120. The van der Waals surface area contributed by atoms with Gasteiger partial charge in [-0.1, -0.05) is 18.2 Å². The van der Waals surface area contributed by atoms with E-state index in [0.29, 0.717) is 18.7 Å². The number of carbonyl (C=O) groups excluding carboxylic acids is 1. The van der Waals surface area contributed by atoms with Crippen molar-refractivity contribution >= 4 is 17.2 Å². The Morgan fingerprint density at radius 1 is 1.29 bits per heavy atom. The molecule has 0 aliphatic rings. The number of aryl methyl sites for hydroxylation is 1. The molecule has 21 heavy (non-hydrogen) atoms. The molecule has 5 heteroatoms. The van der Waals surface area contributed by atoms with E-state index in [1.54, 1.807) is 11.3 Å². The molecule has 1 heterocycles. The number of benzene rings is 1. The average Bonchev–Trinajstić information content (AvgIpc) is 2.89. The van der Waals surface area contributed by atoms with Crippen LogP contribution in [0.1, 0.15) is 15.3 Å². The maximum absolute atomic E-state index is 11.9. The molecule has 0 spiro atoms. The van der Waals surface area contributed by atoms with Gasteiger partial charge in [0.15, 0.2) is 0 Å². The van der Waals surface area contributed by atoms with E-state index >= 15 is 0 Å². The van der Waals surface area contributed by atoms with Crippen LogP contribution >= 0.6 is 11.3 Å². The summed E-state index contributed by atoms with van der Waals surface area (Å²) in [6.45, 7) is 2.67. The van der Waals surface area contributed by atoms with Gasteiger partial charge in [0.1, 0.15) is 12.4 Å². The topological polar surface area (TPSA) is 58.6 Å². The quantitative estimate of drug-likeness (QED) is 0.825. The molecule has 0 radical (unpaired) electrons. The molecule has 0 bridgehead atoms. The fourth-order valence-electron chi connectivity index (χ4n) is 1.94. The molecule has 1 aromatic heterocycles. The minimum absolute atomic E-state index is 0.00573. The third-order valence-corrected chi connectivity index (χ3v) is 3.93. The first kappa shape index (κ1) is 15.5. The van der Waals surface area contributed by atoms with Crippen molar-refractivity contribution in [1.82, 2.24) is 5.32 Å². The largest absolute Gasteiger partial charge is 0.491 e. The number of hydrogen-bond acceptors (Lipinski definition) is 4. The van der Waals surface area contributed by atoms with Gasteiger partial charge in [-0.05, 0) is 25.1 Å². The zero-order valence-electron chi connectivity index (χ0n) is 12.0. The van der Waals surface area contributed by atoms with Crippen LogP contribution in [0.2, 0.25) is 0 Å². The molecule has 0 saturated heterocycles. The fraction of sp³-hybridized carbons (Fsp3) is 0.312. The lowest BCUT2D eigenvalue weighted by Gasteiger charge is -2.11. The van der Waals surface area contributed by atoms with Crippen molar-refractivity contribution in [3.8, 4) is 5.75 Å². The lowest BCUT2D eigenvalue weighted by Crippen LogP contribution is -2.24. The molecule has 0 atom stereocenters. The minimum Gasteiger partial charge on any atom is -0.491 e. The Hall–Kier alpha value is -1.85. The maximum Gasteiger partial charge on any atom is 0.225 e. The molecule has 1 aromatic carbocycles. The Morgan fingerprint density at radius 2 is 2.10 bits per heavy atom. The summed E-state index contributed by atoms with van der Waals surface area (Å²) in [6, 6.07) is 11.5. The zero-order chi connectivity index (χ0) is 15.1. The summed E-state index contributed by atoms with van der Waals surface area (Å²) in [6.07, 6.45) is 0.401. The monoisotopic (exact) mass is 305 g/mol. The summed E-state index contributed by atoms with van der Waals surface area (Å²) in [5.74, 6) is 0.688. The summed E-state index contributed by atoms with van der Waals surface area (Å²) in [4.78, 5) is 14.2. The van der Waals surface area contributed by atoms with Crippen molar-refractivity contribution in [3.63, 3.8) is 0 Å². The van der Waals surface area contributed by atoms with E-state index in [1.165, 1.54) is 4.88 Å². The molecule has 0 unspecified atom stereocenters. The first-order chi connectivity index (χ1) is 10.2. The Bertz CT molecular complexity index is 595. The highest BCUT2D eigenvalue weighted by atomic mass is 32.1. The highest BCUT2D eigenvalue weighted by molar-refractivity contribution is 7.12. The van der Waals surface area contributed by atoms with E-state index in [-0.39, 0.29) is 19.1 Å². The van der Waals surface area contributed by atoms with Gasteiger partial charge in [0.2, 0.25) is 5.91 Å². The number of aliphatic hydroxyl groups excluding tert-OH is 1. The third-order valence-electron chi connectivity index (χ3n) is 2.93. The second-order valence-corrected chi connectivity index (χ2v) is 6.02. The summed E-state index contributed by atoms with van der Waals surface area (Å²) in [5.41, 5.74) is 0.904. The first-order valence-electron chi connectivity index (χ1n) is 6.82. The Balaban J connectivity index is 1.88. The average molecular weight is 305 g/mol. The van der Waals surface area contributed by atoms with Crippen molar-refractivity contribution in [2.45, 2.75) is 19.9 Å². The van der Waals surface area contributed by atoms with Gasteiger partial charge in [0, 0.05) is 21.9 Å². The van der Waals surface area contributed by atoms with Gasteiger partial charge in [0.25, 0.3) is 0 Å². The van der Waals surface area contributed by atoms with E-state index < -0.39 is 0 Å². The Morgan fingerprint density at radius 3 is 2.81 bits per heavy atom. The molecule has 0 fully saturated rings. The number of aliphatic hydroxyl groups is 1. The number of amides is 1. The molecule has 112 valence electrons. The molecular formula is C16H19NO3S. The van der Waals surface area contributed by atoms with Crippen LogP contribution in [0, 0.1) is 6.92 Å². The molecule has 0 aliphatic carbocycles. The van der Waals surface area contributed by atoms with Crippen LogP contribution < -0.4 is 10.1 Å². The second-order valence-electron chi connectivity index (χ2n) is 4.65. The van der Waals surface area contributed by atoms with Gasteiger partial charge in [0.05, 0.1) is 13.0 Å². The molecule has 0 aliphatic heterocycles. The van der Waals surface area contributed by atoms with Crippen LogP contribution in [0.3, 0.4) is 0 Å². The summed E-state index contributed by atoms with van der Waals surface area (Å²) < 4.78 is 5.44. The van der Waals surface area contributed by atoms with E-state index in [0.717, 1.165) is 10.4 Å². The van der Waals surface area contributed by atoms with Crippen LogP contribution in [0.4, 0.5) is 0 Å². The Kier molecular flexibility index (Phi) is 5.78. The van der Waals surface area contributed by atoms with Crippen molar-refractivity contribution < 1.29 is 14.6 Å². The fourth-order valence-corrected chi connectivity index (χ4v) is 2.83. The molecule has 2 N–H and O–H groups in total. The molecule has 1 amide bonds. The van der Waals surface area contributed by atoms with Crippen molar-refractivity contribution in [2.24, 2.45) is 0 Å². The number of thiophene rings is 1. The normalized spacial score (nSPS) is 10.4. The number of carbonyl (C=O) groups is 1. The summed E-state index contributed by atoms with van der Waals surface area (Å²) in [7, 11) is 0. The van der Waals surface area contributed by atoms with E-state index in [2.05, 4.69) is 5.32 Å². The third kappa shape index (κ3) is 4.88. The minimum atomic E-state index is -0.0293. The van der Waals surface area contributed by atoms with Gasteiger partial charge in [-0.15, -0.1) is 11.3 Å². The number of rotatable bonds is 7. The molecule has 2 rings (SSSR count). The van der Waals surface area contributed by atoms with Crippen LogP contribution in [-0.2, 0) is 17.8 Å². The maximum atomic E-state index is 11.9. The van der Waals surface area contributed by atoms with Crippen LogP contribution in [-0.4, -0.2) is 24.2 Å². The van der Waals surface area contributed by atoms with Gasteiger partial charge < -0.3 is 15.2 Å². The predicted molar refractivity (Wildman–Crippen MR) is 83.6 cm³/mol. The highest BCUT2D eigenvalue weighted by Crippen LogP contribution is 2.18. The molecular weight excluding hydrogens is 286 g/mol. The van der Waals surface area contributed by atoms with Crippen LogP contribution in [0.5, 0.6) is 5.75 Å². The summed E-state index contributed by atoms with van der Waals surface area (Å²) in [5, 5.41) is 11.7. The van der Waals surface area contributed by atoms with Gasteiger partial charge in [-0.3, -0.25) is 4.79 Å². The lowest BCUT2D eigenvalue weighted by atomic mass is 10.2. The number of hydrogen-bond donors (Lipinski definition) is 2. The first-order valence-corrected chi connectivity index (χ1v) is 7.64. The van der Waals surface area contributed by atoms with Crippen molar-refractivity contribution in [3.05, 3.63) is 51.7 Å². The summed E-state index contributed by atoms with van der Waals surface area (Å²) >= 11 is 1.64. The van der Waals surface area contributed by atoms with E-state index in [4.69, 9.17) is 9.84 Å². The van der Waals surface area contributed by atoms with Crippen LogP contribution in [0.15, 0.2) is 36.4 Å². The van der Waals surface area contributed by atoms with Gasteiger partial charge in [-0.2, -0.15) is 0 Å². The van der Waals surface area contributed by atoms with E-state index in [9.17, 15) is 4.79 Å². The van der Waals surface area contributed by atoms with E-state index in [1.807, 2.05) is 43.3 Å². The highest BCUT2D eigenvalue weighted by Gasteiger charge is 2.07. The van der Waals surface area contributed by atoms with Gasteiger partial charge in [-0.25, -0.2) is 0 Å². The predicted octanol–water partition coefficient (Wildman–Crippen LogP) is 2.29. The van der Waals surface area contributed by atoms with Gasteiger partial charge >= 0.3 is 0 Å². The Labute approximate surface area is 128 Å². The SMILES string of the molecule is Cc1ccc(CC(=O)NCc2ccccc2OCCO)s1.